The monoisotopic (exact) mass is 857 g/mol. The lowest BCUT2D eigenvalue weighted by Gasteiger charge is -2.48. The molecule has 0 bridgehead atoms. The summed E-state index contributed by atoms with van der Waals surface area (Å²) in [5.41, 5.74) is 22.1. The Hall–Kier alpha value is -6.98. The van der Waals surface area contributed by atoms with Crippen LogP contribution >= 0.6 is 0 Å². The van der Waals surface area contributed by atoms with Crippen LogP contribution in [0.3, 0.4) is 0 Å². The molecule has 0 unspecified atom stereocenters. The summed E-state index contributed by atoms with van der Waals surface area (Å²) < 4.78 is 6.89. The zero-order valence-electron chi connectivity index (χ0n) is 39.4. The number of aryl methyl sites for hydroxylation is 2. The van der Waals surface area contributed by atoms with Gasteiger partial charge in [-0.25, -0.2) is 0 Å². The highest BCUT2D eigenvalue weighted by Crippen LogP contribution is 2.56. The first-order valence-corrected chi connectivity index (χ1v) is 23.8. The first-order valence-electron chi connectivity index (χ1n) is 23.8. The molecule has 3 aliphatic heterocycles. The molecule has 0 atom stereocenters. The Kier molecular flexibility index (Phi) is 8.91. The summed E-state index contributed by atoms with van der Waals surface area (Å²) in [5.74, 6) is 1.86. The summed E-state index contributed by atoms with van der Waals surface area (Å²) in [5, 5.41) is 0. The van der Waals surface area contributed by atoms with E-state index in [9.17, 15) is 0 Å². The number of benzene rings is 8. The Morgan fingerprint density at radius 2 is 1.09 bits per heavy atom. The highest BCUT2D eigenvalue weighted by molar-refractivity contribution is 6.93. The zero-order valence-corrected chi connectivity index (χ0v) is 39.4. The van der Waals surface area contributed by atoms with Gasteiger partial charge in [0.25, 0.3) is 0 Å². The number of hydrogen-bond acceptors (Lipinski definition) is 4. The van der Waals surface area contributed by atoms with Gasteiger partial charge in [-0.05, 0) is 155 Å². The molecule has 12 rings (SSSR count). The summed E-state index contributed by atoms with van der Waals surface area (Å²) in [4.78, 5) is 7.66. The fraction of sp³-hybridized carbons (Fsp3) is 0.213. The molecular formula is C61H56BN3O. The summed E-state index contributed by atoms with van der Waals surface area (Å²) in [6.45, 7) is 18.9. The van der Waals surface area contributed by atoms with Gasteiger partial charge in [0.1, 0.15) is 11.5 Å². The third kappa shape index (κ3) is 6.05. The second-order valence-corrected chi connectivity index (χ2v) is 21.0. The Balaban J connectivity index is 1.18. The second kappa shape index (κ2) is 14.5. The number of fused-ring (bicyclic) bond motifs is 7. The van der Waals surface area contributed by atoms with Crippen LogP contribution in [-0.2, 0) is 16.2 Å². The van der Waals surface area contributed by atoms with Crippen molar-refractivity contribution < 1.29 is 4.74 Å². The number of nitrogens with zero attached hydrogens (tertiary/aromatic N) is 3. The normalized spacial score (nSPS) is 16.5. The topological polar surface area (TPSA) is 19.0 Å². The van der Waals surface area contributed by atoms with Crippen molar-refractivity contribution in [1.82, 2.24) is 0 Å². The Morgan fingerprint density at radius 3 is 1.77 bits per heavy atom. The van der Waals surface area contributed by atoms with Gasteiger partial charge in [0.15, 0.2) is 0 Å². The average Bonchev–Trinajstić information content (AvgIpc) is 3.31. The van der Waals surface area contributed by atoms with Crippen molar-refractivity contribution in [3.05, 3.63) is 203 Å². The maximum absolute atomic E-state index is 6.89. The number of hydrogen-bond donors (Lipinski definition) is 0. The number of anilines is 8. The third-order valence-corrected chi connectivity index (χ3v) is 15.5. The van der Waals surface area contributed by atoms with Gasteiger partial charge in [-0.2, -0.15) is 0 Å². The fourth-order valence-corrected chi connectivity index (χ4v) is 11.8. The van der Waals surface area contributed by atoms with Crippen LogP contribution in [0.15, 0.2) is 170 Å². The minimum atomic E-state index is -0.277. The predicted octanol–water partition coefficient (Wildman–Crippen LogP) is 15.3. The minimum absolute atomic E-state index is 0.0360. The van der Waals surface area contributed by atoms with Gasteiger partial charge in [0.2, 0.25) is 0 Å². The predicted molar refractivity (Wildman–Crippen MR) is 278 cm³/mol. The van der Waals surface area contributed by atoms with E-state index in [2.05, 4.69) is 240 Å². The molecule has 0 fully saturated rings. The fourth-order valence-electron chi connectivity index (χ4n) is 11.8. The van der Waals surface area contributed by atoms with Crippen LogP contribution in [0.2, 0.25) is 0 Å². The molecule has 4 aliphatic rings. The van der Waals surface area contributed by atoms with Crippen molar-refractivity contribution in [3.63, 3.8) is 0 Å². The van der Waals surface area contributed by atoms with E-state index in [4.69, 9.17) is 4.74 Å². The Morgan fingerprint density at radius 1 is 0.485 bits per heavy atom. The highest BCUT2D eigenvalue weighted by atomic mass is 16.5. The van der Waals surface area contributed by atoms with Gasteiger partial charge < -0.3 is 19.3 Å². The van der Waals surface area contributed by atoms with Crippen LogP contribution in [0, 0.1) is 13.8 Å². The van der Waals surface area contributed by atoms with Gasteiger partial charge in [0.05, 0.1) is 0 Å². The second-order valence-electron chi connectivity index (χ2n) is 21.0. The van der Waals surface area contributed by atoms with Crippen LogP contribution in [0.4, 0.5) is 45.5 Å². The largest absolute Gasteiger partial charge is 0.457 e. The molecule has 0 amide bonds. The minimum Gasteiger partial charge on any atom is -0.457 e. The molecule has 324 valence electrons. The molecule has 8 aromatic rings. The van der Waals surface area contributed by atoms with E-state index in [0.717, 1.165) is 40.7 Å². The lowest BCUT2D eigenvalue weighted by Crippen LogP contribution is -2.61. The first-order chi connectivity index (χ1) is 31.8. The molecule has 0 saturated heterocycles. The van der Waals surface area contributed by atoms with Gasteiger partial charge >= 0.3 is 6.85 Å². The molecule has 3 heterocycles. The maximum Gasteiger partial charge on any atom is 0.333 e. The first kappa shape index (κ1) is 40.5. The quantitative estimate of drug-likeness (QED) is 0.161. The van der Waals surface area contributed by atoms with Crippen molar-refractivity contribution in [2.45, 2.75) is 84.5 Å². The van der Waals surface area contributed by atoms with Crippen LogP contribution in [-0.4, -0.2) is 6.85 Å². The SMILES string of the molecule is Cc1cc2c3c(c1)N(c1cc4c(cc1C)C(C)(C)CCC4(C)C)c1cc(N(c4ccccc4)c4ccccc4)ccc1B3N(c1ccccc1)c1cc3c(cc1-2)Oc1ccccc1C3(C)C. The number of para-hydroxylation sites is 4. The Bertz CT molecular complexity index is 3210. The van der Waals surface area contributed by atoms with Crippen LogP contribution in [0.5, 0.6) is 11.5 Å². The molecule has 8 aromatic carbocycles. The van der Waals surface area contributed by atoms with Gasteiger partial charge in [-0.3, -0.25) is 0 Å². The molecule has 0 radical (unpaired) electrons. The number of rotatable bonds is 5. The van der Waals surface area contributed by atoms with E-state index in [0.29, 0.717) is 0 Å². The van der Waals surface area contributed by atoms with Gasteiger partial charge in [-0.1, -0.05) is 133 Å². The standard InChI is InChI=1S/C61H56BN3O/c1-39-32-46-45-36-57-50(61(7,8)47-26-18-19-27-56(47)66-57)38-53(45)65(43-24-16-11-17-25-43)62-51-29-28-44(63(41-20-12-9-13-21-41)42-22-14-10-15-23-42)35-54(51)64(55(33-39)58(46)62)52-37-49-48(34-40(52)2)59(3,4)30-31-60(49,5)6/h9-29,32-38H,30-31H2,1-8H3. The van der Waals surface area contributed by atoms with E-state index in [-0.39, 0.29) is 23.1 Å². The molecule has 0 saturated carbocycles. The average molecular weight is 858 g/mol. The van der Waals surface area contributed by atoms with Crippen molar-refractivity contribution in [2.24, 2.45) is 0 Å². The van der Waals surface area contributed by atoms with Crippen molar-refractivity contribution in [1.29, 1.82) is 0 Å². The summed E-state index contributed by atoms with van der Waals surface area (Å²) in [6, 6.07) is 63.2. The van der Waals surface area contributed by atoms with Crippen molar-refractivity contribution in [3.8, 4) is 22.6 Å². The molecule has 0 aromatic heterocycles. The van der Waals surface area contributed by atoms with Crippen LogP contribution < -0.4 is 30.3 Å². The van der Waals surface area contributed by atoms with E-state index < -0.39 is 0 Å². The smallest absolute Gasteiger partial charge is 0.333 e. The molecule has 1 aliphatic carbocycles. The lowest BCUT2D eigenvalue weighted by atomic mass is 9.43. The summed E-state index contributed by atoms with van der Waals surface area (Å²) in [7, 11) is 0. The van der Waals surface area contributed by atoms with Crippen LogP contribution in [0.1, 0.15) is 87.8 Å². The molecule has 4 nitrogen and oxygen atoms in total. The lowest BCUT2D eigenvalue weighted by molar-refractivity contribution is 0.332. The van der Waals surface area contributed by atoms with Gasteiger partial charge in [0, 0.05) is 67.6 Å². The molecule has 0 spiro atoms. The van der Waals surface area contributed by atoms with E-state index in [1.807, 2.05) is 0 Å². The summed E-state index contributed by atoms with van der Waals surface area (Å²) >= 11 is 0. The van der Waals surface area contributed by atoms with E-state index in [1.165, 1.54) is 84.6 Å². The zero-order chi connectivity index (χ0) is 45.3. The van der Waals surface area contributed by atoms with Crippen molar-refractivity contribution in [2.75, 3.05) is 14.6 Å². The van der Waals surface area contributed by atoms with E-state index in [1.54, 1.807) is 0 Å². The van der Waals surface area contributed by atoms with E-state index >= 15 is 0 Å². The van der Waals surface area contributed by atoms with Crippen LogP contribution in [0.25, 0.3) is 11.1 Å². The highest BCUT2D eigenvalue weighted by Gasteiger charge is 2.48. The van der Waals surface area contributed by atoms with Gasteiger partial charge in [-0.15, -0.1) is 0 Å². The summed E-state index contributed by atoms with van der Waals surface area (Å²) in [6.07, 6.45) is 2.33. The van der Waals surface area contributed by atoms with Crippen molar-refractivity contribution >= 4 is 63.3 Å². The molecule has 0 N–H and O–H groups in total. The third-order valence-electron chi connectivity index (χ3n) is 15.5. The molecule has 5 heteroatoms. The molecular weight excluding hydrogens is 802 g/mol. The number of ether oxygens (including phenoxy) is 1. The maximum atomic E-state index is 6.89. The molecule has 66 heavy (non-hydrogen) atoms. The Labute approximate surface area is 391 Å².